The fraction of sp³-hybridized carbons (Fsp3) is 0.222. The van der Waals surface area contributed by atoms with E-state index in [0.717, 1.165) is 0 Å². The second kappa shape index (κ2) is 1.93. The molecule has 0 atom stereocenters. The zero-order valence-corrected chi connectivity index (χ0v) is 7.00. The summed E-state index contributed by atoms with van der Waals surface area (Å²) < 4.78 is 0. The molecular formula is C9H8P. The summed E-state index contributed by atoms with van der Waals surface area (Å²) in [5.74, 6) is 3.31. The molecule has 0 aromatic rings. The molecule has 1 heterocycles. The minimum atomic E-state index is 1.26. The zero-order valence-electron chi connectivity index (χ0n) is 6.10. The van der Waals surface area contributed by atoms with E-state index >= 15 is 0 Å². The van der Waals surface area contributed by atoms with Crippen LogP contribution in [0.2, 0.25) is 0 Å². The first-order chi connectivity index (χ1) is 4.79. The molecule has 0 amide bonds. The van der Waals surface area contributed by atoms with E-state index < -0.39 is 0 Å². The van der Waals surface area contributed by atoms with Crippen LogP contribution in [0.1, 0.15) is 13.8 Å². The van der Waals surface area contributed by atoms with Gasteiger partial charge in [0, 0.05) is 5.80 Å². The Hall–Kier alpha value is -0.610. The average Bonchev–Trinajstić information content (AvgIpc) is 2.40. The topological polar surface area (TPSA) is 0 Å². The van der Waals surface area contributed by atoms with Crippen molar-refractivity contribution in [1.29, 1.82) is 0 Å². The van der Waals surface area contributed by atoms with Gasteiger partial charge in [0.05, 0.1) is 0 Å². The van der Waals surface area contributed by atoms with Crippen molar-refractivity contribution in [3.63, 3.8) is 0 Å². The Balaban J connectivity index is 2.59. The molecule has 0 saturated heterocycles. The summed E-state index contributed by atoms with van der Waals surface area (Å²) in [6, 6.07) is 0. The SMILES string of the molecule is CC1=CC=C2[C]=PC(C)=C12. The van der Waals surface area contributed by atoms with E-state index in [2.05, 4.69) is 31.8 Å². The molecule has 49 valence electrons. The van der Waals surface area contributed by atoms with Crippen molar-refractivity contribution in [2.24, 2.45) is 0 Å². The van der Waals surface area contributed by atoms with Crippen LogP contribution in [0.4, 0.5) is 0 Å². The van der Waals surface area contributed by atoms with E-state index in [-0.39, 0.29) is 0 Å². The van der Waals surface area contributed by atoms with E-state index in [1.165, 1.54) is 30.2 Å². The van der Waals surface area contributed by atoms with Crippen LogP contribution in [0.15, 0.2) is 34.2 Å². The first kappa shape index (κ1) is 6.12. The van der Waals surface area contributed by atoms with Gasteiger partial charge in [0.25, 0.3) is 0 Å². The molecule has 0 nitrogen and oxygen atoms in total. The highest BCUT2D eigenvalue weighted by Gasteiger charge is 2.16. The quantitative estimate of drug-likeness (QED) is 0.462. The van der Waals surface area contributed by atoms with Crippen LogP contribution < -0.4 is 0 Å². The Morgan fingerprint density at radius 1 is 1.30 bits per heavy atom. The summed E-state index contributed by atoms with van der Waals surface area (Å²) >= 11 is 0. The first-order valence-electron chi connectivity index (χ1n) is 3.36. The lowest BCUT2D eigenvalue weighted by molar-refractivity contribution is 1.42. The van der Waals surface area contributed by atoms with Crippen molar-refractivity contribution < 1.29 is 0 Å². The van der Waals surface area contributed by atoms with Crippen molar-refractivity contribution in [2.75, 3.05) is 0 Å². The monoisotopic (exact) mass is 147 g/mol. The van der Waals surface area contributed by atoms with Crippen LogP contribution in [0.25, 0.3) is 0 Å². The molecule has 0 bridgehead atoms. The van der Waals surface area contributed by atoms with Crippen molar-refractivity contribution in [3.05, 3.63) is 34.2 Å². The Bertz CT molecular complexity index is 301. The van der Waals surface area contributed by atoms with E-state index in [1.54, 1.807) is 0 Å². The molecular weight excluding hydrogens is 139 g/mol. The van der Waals surface area contributed by atoms with Crippen molar-refractivity contribution in [2.45, 2.75) is 13.8 Å². The largest absolute Gasteiger partial charge is 0.0629 e. The van der Waals surface area contributed by atoms with Crippen LogP contribution >= 0.6 is 8.20 Å². The Morgan fingerprint density at radius 3 is 2.80 bits per heavy atom. The number of hydrogen-bond acceptors (Lipinski definition) is 0. The van der Waals surface area contributed by atoms with Crippen LogP contribution in [0.3, 0.4) is 0 Å². The molecule has 0 saturated carbocycles. The Labute approximate surface area is 62.8 Å². The average molecular weight is 147 g/mol. The molecule has 1 aliphatic carbocycles. The van der Waals surface area contributed by atoms with Gasteiger partial charge in [-0.25, -0.2) is 0 Å². The van der Waals surface area contributed by atoms with Crippen LogP contribution in [0.5, 0.6) is 0 Å². The highest BCUT2D eigenvalue weighted by atomic mass is 31.1. The maximum absolute atomic E-state index is 3.31. The lowest BCUT2D eigenvalue weighted by Crippen LogP contribution is -1.82. The molecule has 0 unspecified atom stereocenters. The van der Waals surface area contributed by atoms with E-state index in [4.69, 9.17) is 0 Å². The van der Waals surface area contributed by atoms with Gasteiger partial charge in [-0.1, -0.05) is 20.4 Å². The highest BCUT2D eigenvalue weighted by molar-refractivity contribution is 7.44. The molecule has 0 aromatic carbocycles. The standard InChI is InChI=1S/C9H8P/c1-6-3-4-8-5-10-7(2)9(6)8/h3-4H,1-2H3. The second-order valence-corrected chi connectivity index (χ2v) is 3.73. The van der Waals surface area contributed by atoms with Gasteiger partial charge < -0.3 is 0 Å². The first-order valence-corrected chi connectivity index (χ1v) is 4.25. The molecule has 0 spiro atoms. The third-order valence-corrected chi connectivity index (χ3v) is 2.78. The summed E-state index contributed by atoms with van der Waals surface area (Å²) in [6.45, 7) is 4.33. The van der Waals surface area contributed by atoms with Crippen molar-refractivity contribution >= 4 is 14.0 Å². The second-order valence-electron chi connectivity index (χ2n) is 2.61. The van der Waals surface area contributed by atoms with Crippen LogP contribution in [-0.2, 0) is 0 Å². The number of allylic oxidation sites excluding steroid dienone is 6. The smallest absolute Gasteiger partial charge is 0.0224 e. The normalized spacial score (nSPS) is 23.0. The molecule has 0 aromatic heterocycles. The molecule has 1 aliphatic heterocycles. The summed E-state index contributed by atoms with van der Waals surface area (Å²) in [6.07, 6.45) is 4.31. The summed E-state index contributed by atoms with van der Waals surface area (Å²) in [5, 5.41) is 1.44. The lowest BCUT2D eigenvalue weighted by atomic mass is 10.1. The van der Waals surface area contributed by atoms with E-state index in [1.807, 2.05) is 0 Å². The van der Waals surface area contributed by atoms with Gasteiger partial charge in [-0.05, 0) is 35.9 Å². The molecule has 2 aliphatic rings. The summed E-state index contributed by atoms with van der Waals surface area (Å²) in [7, 11) is 1.26. The van der Waals surface area contributed by atoms with Crippen LogP contribution in [0, 0.1) is 0 Å². The molecule has 2 rings (SSSR count). The van der Waals surface area contributed by atoms with E-state index in [0.29, 0.717) is 0 Å². The summed E-state index contributed by atoms with van der Waals surface area (Å²) in [5.41, 5.74) is 4.13. The van der Waals surface area contributed by atoms with Crippen molar-refractivity contribution in [3.8, 4) is 0 Å². The fourth-order valence-electron chi connectivity index (χ4n) is 1.36. The Morgan fingerprint density at radius 2 is 2.10 bits per heavy atom. The molecule has 1 heteroatoms. The highest BCUT2D eigenvalue weighted by Crippen LogP contribution is 2.38. The van der Waals surface area contributed by atoms with Gasteiger partial charge in [-0.2, -0.15) is 0 Å². The molecule has 0 fully saturated rings. The number of hydrogen-bond donors (Lipinski definition) is 0. The molecule has 1 radical (unpaired) electrons. The fourth-order valence-corrected chi connectivity index (χ4v) is 2.24. The van der Waals surface area contributed by atoms with Gasteiger partial charge in [0.2, 0.25) is 0 Å². The third-order valence-electron chi connectivity index (χ3n) is 1.87. The number of rotatable bonds is 0. The predicted octanol–water partition coefficient (Wildman–Crippen LogP) is 2.79. The maximum atomic E-state index is 3.31. The predicted molar refractivity (Wildman–Crippen MR) is 46.5 cm³/mol. The van der Waals surface area contributed by atoms with Gasteiger partial charge in [0.1, 0.15) is 0 Å². The molecule has 10 heavy (non-hydrogen) atoms. The minimum Gasteiger partial charge on any atom is -0.0629 e. The van der Waals surface area contributed by atoms with Crippen LogP contribution in [-0.4, -0.2) is 5.80 Å². The van der Waals surface area contributed by atoms with E-state index in [9.17, 15) is 0 Å². The van der Waals surface area contributed by atoms with Gasteiger partial charge in [-0.15, -0.1) is 0 Å². The Kier molecular flexibility index (Phi) is 1.18. The molecule has 0 N–H and O–H groups in total. The van der Waals surface area contributed by atoms with Gasteiger partial charge >= 0.3 is 0 Å². The van der Waals surface area contributed by atoms with Gasteiger partial charge in [-0.3, -0.25) is 0 Å². The van der Waals surface area contributed by atoms with Gasteiger partial charge in [0.15, 0.2) is 0 Å². The minimum absolute atomic E-state index is 1.26. The maximum Gasteiger partial charge on any atom is 0.0224 e. The van der Waals surface area contributed by atoms with Crippen molar-refractivity contribution in [1.82, 2.24) is 0 Å². The third kappa shape index (κ3) is 0.660. The summed E-state index contributed by atoms with van der Waals surface area (Å²) in [4.78, 5) is 0. The zero-order chi connectivity index (χ0) is 7.14. The lowest BCUT2D eigenvalue weighted by Gasteiger charge is -1.98. The number of fused-ring (bicyclic) bond motifs is 1.